The second-order valence-corrected chi connectivity index (χ2v) is 4.42. The summed E-state index contributed by atoms with van der Waals surface area (Å²) in [6.07, 6.45) is 1.37. The fourth-order valence-electron chi connectivity index (χ4n) is 1.62. The van der Waals surface area contributed by atoms with Crippen molar-refractivity contribution in [1.82, 2.24) is 4.98 Å². The van der Waals surface area contributed by atoms with Crippen LogP contribution >= 0.6 is 0 Å². The fraction of sp³-hybridized carbons (Fsp3) is 0.455. The SMILES string of the molecule is CC[C@H](C)[C@H](Nc1ncc([N+](=O)[O-])cc1[N+](=O)[O-])C(=O)O. The number of carboxylic acids is 1. The van der Waals surface area contributed by atoms with Gasteiger partial charge in [0.15, 0.2) is 0 Å². The minimum absolute atomic E-state index is 0.306. The molecule has 0 spiro atoms. The molecule has 0 radical (unpaired) electrons. The van der Waals surface area contributed by atoms with Crippen LogP contribution in [0.15, 0.2) is 12.3 Å². The van der Waals surface area contributed by atoms with E-state index in [1.54, 1.807) is 13.8 Å². The van der Waals surface area contributed by atoms with Crippen LogP contribution in [0.5, 0.6) is 0 Å². The van der Waals surface area contributed by atoms with E-state index in [0.29, 0.717) is 6.42 Å². The van der Waals surface area contributed by atoms with E-state index in [0.717, 1.165) is 12.3 Å². The lowest BCUT2D eigenvalue weighted by molar-refractivity contribution is -0.394. The zero-order chi connectivity index (χ0) is 16.2. The summed E-state index contributed by atoms with van der Waals surface area (Å²) in [5, 5.41) is 33.2. The quantitative estimate of drug-likeness (QED) is 0.571. The van der Waals surface area contributed by atoms with Crippen LogP contribution in [0, 0.1) is 26.1 Å². The smallest absolute Gasteiger partial charge is 0.326 e. The molecule has 10 heteroatoms. The van der Waals surface area contributed by atoms with Crippen LogP contribution in [0.3, 0.4) is 0 Å². The van der Waals surface area contributed by atoms with Gasteiger partial charge in [0, 0.05) is 0 Å². The molecule has 1 rings (SSSR count). The van der Waals surface area contributed by atoms with Crippen molar-refractivity contribution in [1.29, 1.82) is 0 Å². The minimum Gasteiger partial charge on any atom is -0.480 e. The lowest BCUT2D eigenvalue weighted by Gasteiger charge is -2.20. The second kappa shape index (κ2) is 6.59. The Labute approximate surface area is 119 Å². The standard InChI is InChI=1S/C11H14N4O6/c1-3-6(2)9(11(16)17)13-10-8(15(20)21)4-7(5-12-10)14(18)19/h4-6,9H,3H2,1-2H3,(H,12,13)(H,16,17)/t6-,9-/m0/s1. The van der Waals surface area contributed by atoms with Gasteiger partial charge in [-0.2, -0.15) is 0 Å². The highest BCUT2D eigenvalue weighted by molar-refractivity contribution is 5.78. The van der Waals surface area contributed by atoms with Crippen molar-refractivity contribution >= 4 is 23.2 Å². The van der Waals surface area contributed by atoms with E-state index in [1.807, 2.05) is 0 Å². The first-order valence-electron chi connectivity index (χ1n) is 6.06. The Morgan fingerprint density at radius 2 is 2.05 bits per heavy atom. The highest BCUT2D eigenvalue weighted by Gasteiger charge is 2.28. The van der Waals surface area contributed by atoms with Gasteiger partial charge in [0.2, 0.25) is 5.82 Å². The number of nitrogens with zero attached hydrogens (tertiary/aromatic N) is 3. The summed E-state index contributed by atoms with van der Waals surface area (Å²) in [5.41, 5.74) is -1.18. The van der Waals surface area contributed by atoms with E-state index < -0.39 is 33.2 Å². The third-order valence-electron chi connectivity index (χ3n) is 3.03. The van der Waals surface area contributed by atoms with E-state index in [-0.39, 0.29) is 11.7 Å². The highest BCUT2D eigenvalue weighted by Crippen LogP contribution is 2.27. The number of hydrogen-bond donors (Lipinski definition) is 2. The molecule has 0 bridgehead atoms. The summed E-state index contributed by atoms with van der Waals surface area (Å²) in [6.45, 7) is 3.45. The van der Waals surface area contributed by atoms with Gasteiger partial charge in [0.05, 0.1) is 15.9 Å². The Hall–Kier alpha value is -2.78. The van der Waals surface area contributed by atoms with Crippen LogP contribution in [0.25, 0.3) is 0 Å². The number of aliphatic carboxylic acids is 1. The van der Waals surface area contributed by atoms with Gasteiger partial charge in [-0.1, -0.05) is 20.3 Å². The van der Waals surface area contributed by atoms with Crippen molar-refractivity contribution in [3.8, 4) is 0 Å². The fourth-order valence-corrected chi connectivity index (χ4v) is 1.62. The molecular formula is C11H14N4O6. The number of nitrogens with one attached hydrogen (secondary N) is 1. The molecule has 0 fully saturated rings. The predicted octanol–water partition coefficient (Wildman–Crippen LogP) is 1.81. The number of nitro groups is 2. The molecule has 1 aromatic heterocycles. The molecule has 0 unspecified atom stereocenters. The highest BCUT2D eigenvalue weighted by atomic mass is 16.6. The molecule has 1 heterocycles. The Morgan fingerprint density at radius 3 is 2.48 bits per heavy atom. The Balaban J connectivity index is 3.20. The number of carbonyl (C=O) groups is 1. The molecule has 0 saturated carbocycles. The zero-order valence-corrected chi connectivity index (χ0v) is 11.3. The Kier molecular flexibility index (Phi) is 5.11. The van der Waals surface area contributed by atoms with Crippen molar-refractivity contribution < 1.29 is 19.7 Å². The molecular weight excluding hydrogens is 284 g/mol. The largest absolute Gasteiger partial charge is 0.480 e. The summed E-state index contributed by atoms with van der Waals surface area (Å²) in [4.78, 5) is 34.7. The molecule has 0 aliphatic carbocycles. The monoisotopic (exact) mass is 298 g/mol. The molecule has 2 N–H and O–H groups in total. The van der Waals surface area contributed by atoms with Gasteiger partial charge < -0.3 is 10.4 Å². The number of aromatic nitrogens is 1. The van der Waals surface area contributed by atoms with E-state index in [4.69, 9.17) is 5.11 Å². The number of anilines is 1. The zero-order valence-electron chi connectivity index (χ0n) is 11.3. The molecule has 0 aromatic carbocycles. The number of carboxylic acid groups (broad SMARTS) is 1. The van der Waals surface area contributed by atoms with Crippen molar-refractivity contribution in [3.05, 3.63) is 32.5 Å². The summed E-state index contributed by atoms with van der Waals surface area (Å²) in [7, 11) is 0. The molecule has 21 heavy (non-hydrogen) atoms. The predicted molar refractivity (Wildman–Crippen MR) is 72.0 cm³/mol. The first kappa shape index (κ1) is 16.3. The van der Waals surface area contributed by atoms with Crippen LogP contribution in [0.1, 0.15) is 20.3 Å². The topological polar surface area (TPSA) is 148 Å². The summed E-state index contributed by atoms with van der Waals surface area (Å²) in [5.74, 6) is -1.80. The molecule has 10 nitrogen and oxygen atoms in total. The van der Waals surface area contributed by atoms with Crippen LogP contribution in [-0.2, 0) is 4.79 Å². The molecule has 0 saturated heterocycles. The average molecular weight is 298 g/mol. The van der Waals surface area contributed by atoms with Crippen molar-refractivity contribution in [2.75, 3.05) is 5.32 Å². The van der Waals surface area contributed by atoms with Gasteiger partial charge in [-0.05, 0) is 5.92 Å². The summed E-state index contributed by atoms with van der Waals surface area (Å²) >= 11 is 0. The van der Waals surface area contributed by atoms with Gasteiger partial charge in [0.1, 0.15) is 12.2 Å². The third kappa shape index (κ3) is 3.84. The number of rotatable bonds is 7. The van der Waals surface area contributed by atoms with Crippen LogP contribution in [0.4, 0.5) is 17.2 Å². The maximum absolute atomic E-state index is 11.2. The maximum atomic E-state index is 11.2. The van der Waals surface area contributed by atoms with Crippen LogP contribution < -0.4 is 5.32 Å². The minimum atomic E-state index is -1.18. The molecule has 0 aliphatic heterocycles. The van der Waals surface area contributed by atoms with E-state index in [1.165, 1.54) is 0 Å². The Bertz CT molecular complexity index is 576. The number of hydrogen-bond acceptors (Lipinski definition) is 7. The van der Waals surface area contributed by atoms with E-state index in [2.05, 4.69) is 10.3 Å². The lowest BCUT2D eigenvalue weighted by Crippen LogP contribution is -2.35. The van der Waals surface area contributed by atoms with Crippen LogP contribution in [-0.4, -0.2) is 31.9 Å². The van der Waals surface area contributed by atoms with Gasteiger partial charge >= 0.3 is 11.7 Å². The Morgan fingerprint density at radius 1 is 1.43 bits per heavy atom. The molecule has 114 valence electrons. The van der Waals surface area contributed by atoms with Crippen molar-refractivity contribution in [2.45, 2.75) is 26.3 Å². The summed E-state index contributed by atoms with van der Waals surface area (Å²) in [6, 6.07) is -0.340. The molecule has 2 atom stereocenters. The van der Waals surface area contributed by atoms with Gasteiger partial charge in [-0.25, -0.2) is 9.78 Å². The summed E-state index contributed by atoms with van der Waals surface area (Å²) < 4.78 is 0. The molecule has 1 aromatic rings. The number of pyridine rings is 1. The van der Waals surface area contributed by atoms with Crippen molar-refractivity contribution in [3.63, 3.8) is 0 Å². The van der Waals surface area contributed by atoms with E-state index in [9.17, 15) is 25.0 Å². The van der Waals surface area contributed by atoms with E-state index >= 15 is 0 Å². The molecule has 0 aliphatic rings. The second-order valence-electron chi connectivity index (χ2n) is 4.42. The maximum Gasteiger partial charge on any atom is 0.326 e. The normalized spacial score (nSPS) is 13.2. The molecule has 0 amide bonds. The van der Waals surface area contributed by atoms with Crippen molar-refractivity contribution in [2.24, 2.45) is 5.92 Å². The average Bonchev–Trinajstić information content (AvgIpc) is 2.43. The third-order valence-corrected chi connectivity index (χ3v) is 3.03. The first-order chi connectivity index (χ1) is 9.77. The van der Waals surface area contributed by atoms with Gasteiger partial charge in [-0.3, -0.25) is 20.2 Å². The van der Waals surface area contributed by atoms with Gasteiger partial charge in [-0.15, -0.1) is 0 Å². The van der Waals surface area contributed by atoms with Gasteiger partial charge in [0.25, 0.3) is 5.69 Å². The lowest BCUT2D eigenvalue weighted by atomic mass is 9.99. The first-order valence-corrected chi connectivity index (χ1v) is 6.06. The van der Waals surface area contributed by atoms with Crippen LogP contribution in [0.2, 0.25) is 0 Å².